The Balaban J connectivity index is 1.61. The van der Waals surface area contributed by atoms with Crippen molar-refractivity contribution < 1.29 is 4.52 Å². The van der Waals surface area contributed by atoms with E-state index in [9.17, 15) is 0 Å². The lowest BCUT2D eigenvalue weighted by Gasteiger charge is -2.17. The van der Waals surface area contributed by atoms with Crippen LogP contribution in [0.15, 0.2) is 33.9 Å². The van der Waals surface area contributed by atoms with Crippen LogP contribution in [0.1, 0.15) is 56.8 Å². The fraction of sp³-hybridized carbons (Fsp3) is 0.474. The number of nitrogens with zero attached hydrogens (tertiary/aromatic N) is 5. The van der Waals surface area contributed by atoms with Crippen molar-refractivity contribution in [2.75, 3.05) is 0 Å². The molecule has 6 nitrogen and oxygen atoms in total. The Morgan fingerprint density at radius 1 is 1.22 bits per heavy atom. The summed E-state index contributed by atoms with van der Waals surface area (Å²) in [5, 5.41) is 14.6. The Morgan fingerprint density at radius 3 is 2.81 bits per heavy atom. The van der Waals surface area contributed by atoms with Crippen molar-refractivity contribution in [3.8, 4) is 11.4 Å². The molecule has 27 heavy (non-hydrogen) atoms. The number of aryl methyl sites for hydroxylation is 1. The van der Waals surface area contributed by atoms with Crippen LogP contribution in [-0.2, 0) is 12.2 Å². The maximum Gasteiger partial charge on any atom is 0.226 e. The van der Waals surface area contributed by atoms with E-state index in [1.165, 1.54) is 12.8 Å². The molecule has 2 aromatic heterocycles. The van der Waals surface area contributed by atoms with Crippen LogP contribution in [0.2, 0.25) is 5.02 Å². The molecule has 1 aromatic carbocycles. The fourth-order valence-electron chi connectivity index (χ4n) is 3.49. The normalized spacial score (nSPS) is 14.9. The molecule has 0 radical (unpaired) electrons. The molecular weight excluding hydrogens is 382 g/mol. The van der Waals surface area contributed by atoms with Gasteiger partial charge in [0.2, 0.25) is 5.89 Å². The van der Waals surface area contributed by atoms with Crippen LogP contribution in [0.5, 0.6) is 0 Å². The maximum absolute atomic E-state index is 6.43. The number of aromatic nitrogens is 5. The third-order valence-corrected chi connectivity index (χ3v) is 6.04. The Kier molecular flexibility index (Phi) is 5.78. The third kappa shape index (κ3) is 4.04. The van der Waals surface area contributed by atoms with Crippen molar-refractivity contribution >= 4 is 23.4 Å². The summed E-state index contributed by atoms with van der Waals surface area (Å²) < 4.78 is 7.53. The van der Waals surface area contributed by atoms with Crippen LogP contribution in [0.4, 0.5) is 0 Å². The summed E-state index contributed by atoms with van der Waals surface area (Å²) in [7, 11) is 0. The number of halogens is 1. The lowest BCUT2D eigenvalue weighted by molar-refractivity contribution is 0.373. The van der Waals surface area contributed by atoms with Crippen molar-refractivity contribution in [2.24, 2.45) is 0 Å². The van der Waals surface area contributed by atoms with Crippen molar-refractivity contribution in [2.45, 2.75) is 62.4 Å². The molecule has 1 aliphatic carbocycles. The van der Waals surface area contributed by atoms with Crippen LogP contribution in [0, 0.1) is 0 Å². The Morgan fingerprint density at radius 2 is 2.04 bits per heavy atom. The SMILES string of the molecule is CCCc1nc(CSc2nnc(-c3ccccc3Cl)n2C2CCCC2)no1. The third-order valence-electron chi connectivity index (χ3n) is 4.77. The molecule has 1 saturated carbocycles. The van der Waals surface area contributed by atoms with E-state index in [1.54, 1.807) is 11.8 Å². The topological polar surface area (TPSA) is 69.6 Å². The zero-order valence-corrected chi connectivity index (χ0v) is 16.8. The van der Waals surface area contributed by atoms with Crippen LogP contribution in [-0.4, -0.2) is 24.9 Å². The highest BCUT2D eigenvalue weighted by Gasteiger charge is 2.26. The van der Waals surface area contributed by atoms with Crippen LogP contribution < -0.4 is 0 Å². The van der Waals surface area contributed by atoms with Crippen molar-refractivity contribution in [1.29, 1.82) is 0 Å². The molecule has 0 unspecified atom stereocenters. The lowest BCUT2D eigenvalue weighted by atomic mass is 10.2. The average molecular weight is 404 g/mol. The van der Waals surface area contributed by atoms with E-state index in [2.05, 4.69) is 31.8 Å². The monoisotopic (exact) mass is 403 g/mol. The second-order valence-electron chi connectivity index (χ2n) is 6.74. The summed E-state index contributed by atoms with van der Waals surface area (Å²) in [5.41, 5.74) is 0.926. The minimum atomic E-state index is 0.412. The quantitative estimate of drug-likeness (QED) is 0.496. The van der Waals surface area contributed by atoms with E-state index in [0.29, 0.717) is 28.5 Å². The molecule has 0 atom stereocenters. The average Bonchev–Trinajstić information content (AvgIpc) is 3.41. The molecule has 0 saturated heterocycles. The second-order valence-corrected chi connectivity index (χ2v) is 8.09. The summed E-state index contributed by atoms with van der Waals surface area (Å²) in [6.07, 6.45) is 6.57. The van der Waals surface area contributed by atoms with Gasteiger partial charge in [-0.25, -0.2) is 0 Å². The summed E-state index contributed by atoms with van der Waals surface area (Å²) >= 11 is 8.03. The number of hydrogen-bond donors (Lipinski definition) is 0. The molecule has 0 bridgehead atoms. The summed E-state index contributed by atoms with van der Waals surface area (Å²) in [5.74, 6) is 2.85. The van der Waals surface area contributed by atoms with Gasteiger partial charge in [-0.05, 0) is 31.4 Å². The van der Waals surface area contributed by atoms with Crippen molar-refractivity contribution in [3.63, 3.8) is 0 Å². The predicted molar refractivity (Wildman–Crippen MR) is 106 cm³/mol. The van der Waals surface area contributed by atoms with E-state index < -0.39 is 0 Å². The van der Waals surface area contributed by atoms with E-state index >= 15 is 0 Å². The highest BCUT2D eigenvalue weighted by Crippen LogP contribution is 2.38. The van der Waals surface area contributed by atoms with Gasteiger partial charge in [-0.1, -0.05) is 60.4 Å². The first kappa shape index (κ1) is 18.5. The van der Waals surface area contributed by atoms with Gasteiger partial charge < -0.3 is 4.52 Å². The largest absolute Gasteiger partial charge is 0.339 e. The Labute approximate surface area is 167 Å². The summed E-state index contributed by atoms with van der Waals surface area (Å²) in [6, 6.07) is 8.22. The zero-order valence-electron chi connectivity index (χ0n) is 15.3. The molecule has 0 spiro atoms. The van der Waals surface area contributed by atoms with Crippen molar-refractivity contribution in [1.82, 2.24) is 24.9 Å². The smallest absolute Gasteiger partial charge is 0.226 e. The molecule has 0 N–H and O–H groups in total. The van der Waals surface area contributed by atoms with Gasteiger partial charge in [-0.3, -0.25) is 4.57 Å². The molecule has 1 fully saturated rings. The molecule has 0 aliphatic heterocycles. The molecule has 0 amide bonds. The number of rotatable bonds is 7. The highest BCUT2D eigenvalue weighted by molar-refractivity contribution is 7.98. The minimum Gasteiger partial charge on any atom is -0.339 e. The predicted octanol–water partition coefficient (Wildman–Crippen LogP) is 5.34. The molecule has 3 aromatic rings. The van der Waals surface area contributed by atoms with Gasteiger partial charge >= 0.3 is 0 Å². The maximum atomic E-state index is 6.43. The molecule has 1 aliphatic rings. The zero-order chi connectivity index (χ0) is 18.6. The van der Waals surface area contributed by atoms with Gasteiger partial charge in [0.25, 0.3) is 0 Å². The van der Waals surface area contributed by atoms with E-state index in [-0.39, 0.29) is 0 Å². The lowest BCUT2D eigenvalue weighted by Crippen LogP contribution is -2.08. The van der Waals surface area contributed by atoms with Crippen LogP contribution >= 0.6 is 23.4 Å². The molecule has 142 valence electrons. The number of thioether (sulfide) groups is 1. The van der Waals surface area contributed by atoms with Crippen molar-refractivity contribution in [3.05, 3.63) is 41.0 Å². The van der Waals surface area contributed by atoms with Gasteiger partial charge in [0.15, 0.2) is 16.8 Å². The minimum absolute atomic E-state index is 0.412. The molecule has 8 heteroatoms. The first-order valence-electron chi connectivity index (χ1n) is 9.40. The molecule has 2 heterocycles. The number of hydrogen-bond acceptors (Lipinski definition) is 6. The van der Waals surface area contributed by atoms with Crippen LogP contribution in [0.3, 0.4) is 0 Å². The second kappa shape index (κ2) is 8.44. The summed E-state index contributed by atoms with van der Waals surface area (Å²) in [4.78, 5) is 4.44. The Bertz CT molecular complexity index is 903. The van der Waals surface area contributed by atoms with Gasteiger partial charge in [-0.15, -0.1) is 10.2 Å². The summed E-state index contributed by atoms with van der Waals surface area (Å²) in [6.45, 7) is 2.10. The fourth-order valence-corrected chi connectivity index (χ4v) is 4.56. The molecule has 4 rings (SSSR count). The first-order valence-corrected chi connectivity index (χ1v) is 10.8. The van der Waals surface area contributed by atoms with Gasteiger partial charge in [0.05, 0.1) is 10.8 Å². The highest BCUT2D eigenvalue weighted by atomic mass is 35.5. The standard InChI is InChI=1S/C19H22ClN5OS/c1-2-7-17-21-16(24-26-17)12-27-19-23-22-18(14-10-5-6-11-15(14)20)25(19)13-8-3-4-9-13/h5-6,10-11,13H,2-4,7-9,12H2,1H3. The Hall–Kier alpha value is -1.86. The van der Waals surface area contributed by atoms with E-state index in [4.69, 9.17) is 16.1 Å². The first-order chi connectivity index (χ1) is 13.3. The van der Waals surface area contributed by atoms with E-state index in [0.717, 1.165) is 42.2 Å². The van der Waals surface area contributed by atoms with Gasteiger partial charge in [-0.2, -0.15) is 4.98 Å². The van der Waals surface area contributed by atoms with Gasteiger partial charge in [0, 0.05) is 18.0 Å². The van der Waals surface area contributed by atoms with Gasteiger partial charge in [0.1, 0.15) is 0 Å². The van der Waals surface area contributed by atoms with Crippen LogP contribution in [0.25, 0.3) is 11.4 Å². The van der Waals surface area contributed by atoms with E-state index in [1.807, 2.05) is 24.3 Å². The number of benzene rings is 1. The molecular formula is C19H22ClN5OS.